The second-order valence-corrected chi connectivity index (χ2v) is 8.29. The zero-order valence-corrected chi connectivity index (χ0v) is 10.0. The number of hydrogen-bond acceptors (Lipinski definition) is 0. The summed E-state index contributed by atoms with van der Waals surface area (Å²) in [5, 5.41) is 4.92. The van der Waals surface area contributed by atoms with Crippen LogP contribution in [0, 0.1) is 0 Å². The molecule has 14 heavy (non-hydrogen) atoms. The van der Waals surface area contributed by atoms with Gasteiger partial charge in [-0.05, 0) is 11.0 Å². The number of hydrogen-bond donors (Lipinski definition) is 0. The number of fused-ring (bicyclic) bond motifs is 1. The normalized spacial score (nSPS) is 18.2. The molecule has 0 amide bonds. The fourth-order valence-corrected chi connectivity index (χ4v) is 5.18. The Morgan fingerprint density at radius 3 is 2.43 bits per heavy atom. The molecular formula is C12H19SiTi. The van der Waals surface area contributed by atoms with Gasteiger partial charge in [-0.3, -0.25) is 0 Å². The number of allylic oxidation sites excluding steroid dienone is 1. The van der Waals surface area contributed by atoms with Crippen LogP contribution in [-0.2, 0) is 17.9 Å². The van der Waals surface area contributed by atoms with Crippen LogP contribution in [-0.4, -0.2) is 11.0 Å². The average molecular weight is 239 g/mol. The molecule has 2 heteroatoms. The fraction of sp³-hybridized carbons (Fsp3) is 0.333. The van der Waals surface area contributed by atoms with Crippen LogP contribution < -0.4 is 0 Å². The monoisotopic (exact) mass is 239 g/mol. The molecule has 0 nitrogen and oxygen atoms in total. The van der Waals surface area contributed by atoms with Crippen molar-refractivity contribution < 1.29 is 17.9 Å². The minimum atomic E-state index is -0.845. The molecule has 1 aliphatic rings. The van der Waals surface area contributed by atoms with Crippen molar-refractivity contribution in [2.24, 2.45) is 0 Å². The Labute approximate surface area is 97.3 Å². The van der Waals surface area contributed by atoms with E-state index >= 15 is 0 Å². The Balaban J connectivity index is 0.000000980. The van der Waals surface area contributed by atoms with E-state index in [2.05, 4.69) is 47.7 Å². The molecule has 2 rings (SSSR count). The summed E-state index contributed by atoms with van der Waals surface area (Å²) in [7, 11) is 0. The van der Waals surface area contributed by atoms with Crippen molar-refractivity contribution in [3.8, 4) is 0 Å². The van der Waals surface area contributed by atoms with Crippen LogP contribution in [0.1, 0.15) is 22.3 Å². The summed E-state index contributed by atoms with van der Waals surface area (Å²) in [4.78, 5) is 0. The Bertz CT molecular complexity index is 355. The van der Waals surface area contributed by atoms with Gasteiger partial charge in [0, 0.05) is 0 Å². The fourth-order valence-electron chi connectivity index (χ4n) is 2.25. The molecule has 1 unspecified atom stereocenters. The molecule has 0 aromatic heterocycles. The van der Waals surface area contributed by atoms with Crippen LogP contribution in [0.15, 0.2) is 29.8 Å². The molecule has 1 aromatic carbocycles. The van der Waals surface area contributed by atoms with Crippen LogP contribution in [0.5, 0.6) is 0 Å². The largest absolute Gasteiger partial charge is 0.0149 e. The Kier molecular flexibility index (Phi) is 3.94. The van der Waals surface area contributed by atoms with E-state index in [-0.39, 0.29) is 11.0 Å². The SMILES string of the molecule is CC1=Cc2ccccc2[CH]1[Ti]([CH3])[CH3].[SiH4]. The van der Waals surface area contributed by atoms with Gasteiger partial charge in [-0.25, -0.2) is 0 Å². The maximum atomic E-state index is 2.46. The average Bonchev–Trinajstić information content (AvgIpc) is 2.39. The van der Waals surface area contributed by atoms with Gasteiger partial charge >= 0.3 is 86.5 Å². The maximum absolute atomic E-state index is 2.46. The molecular weight excluding hydrogens is 220 g/mol. The van der Waals surface area contributed by atoms with Crippen LogP contribution >= 0.6 is 0 Å². The molecule has 0 heterocycles. The van der Waals surface area contributed by atoms with Crippen molar-refractivity contribution in [1.29, 1.82) is 0 Å². The van der Waals surface area contributed by atoms with Crippen LogP contribution in [0.4, 0.5) is 0 Å². The summed E-state index contributed by atoms with van der Waals surface area (Å²) in [6, 6.07) is 8.84. The van der Waals surface area contributed by atoms with E-state index in [1.807, 2.05) is 0 Å². The second-order valence-electron chi connectivity index (χ2n) is 4.03. The van der Waals surface area contributed by atoms with Gasteiger partial charge in [0.25, 0.3) is 0 Å². The first kappa shape index (κ1) is 12.0. The topological polar surface area (TPSA) is 0 Å². The van der Waals surface area contributed by atoms with Gasteiger partial charge in [-0.1, -0.05) is 0 Å². The van der Waals surface area contributed by atoms with Gasteiger partial charge in [0.15, 0.2) is 0 Å². The Morgan fingerprint density at radius 1 is 1.14 bits per heavy atom. The first-order valence-corrected chi connectivity index (χ1v) is 8.80. The third-order valence-electron chi connectivity index (χ3n) is 2.72. The van der Waals surface area contributed by atoms with Crippen molar-refractivity contribution in [3.05, 3.63) is 41.0 Å². The van der Waals surface area contributed by atoms with E-state index in [4.69, 9.17) is 0 Å². The summed E-state index contributed by atoms with van der Waals surface area (Å²) in [5.41, 5.74) is 4.62. The standard InChI is InChI=1S/C10H9.2CH3.H4Si.Ti/c1-8-6-9-4-2-3-5-10(9)7-8;;;;/h2-7H,1H3;2*1H3;1H4;. The van der Waals surface area contributed by atoms with Gasteiger partial charge in [-0.2, -0.15) is 0 Å². The minimum absolute atomic E-state index is 0. The molecule has 0 radical (unpaired) electrons. The third-order valence-corrected chi connectivity index (χ3v) is 5.72. The zero-order chi connectivity index (χ0) is 9.42. The third kappa shape index (κ3) is 1.95. The molecule has 0 N–H and O–H groups in total. The predicted molar refractivity (Wildman–Crippen MR) is 65.9 cm³/mol. The van der Waals surface area contributed by atoms with Gasteiger partial charge in [0.2, 0.25) is 0 Å². The van der Waals surface area contributed by atoms with Crippen molar-refractivity contribution >= 4 is 17.0 Å². The van der Waals surface area contributed by atoms with E-state index in [1.54, 1.807) is 11.1 Å². The molecule has 75 valence electrons. The summed E-state index contributed by atoms with van der Waals surface area (Å²) < 4.78 is 0.816. The van der Waals surface area contributed by atoms with Crippen molar-refractivity contribution in [2.45, 2.75) is 21.6 Å². The number of benzene rings is 1. The van der Waals surface area contributed by atoms with Gasteiger partial charge in [-0.15, -0.1) is 0 Å². The molecule has 0 spiro atoms. The van der Waals surface area contributed by atoms with Gasteiger partial charge < -0.3 is 0 Å². The molecule has 0 saturated carbocycles. The maximum Gasteiger partial charge on any atom is -0.0149 e. The van der Waals surface area contributed by atoms with Gasteiger partial charge in [0.05, 0.1) is 0 Å². The molecule has 0 fully saturated rings. The van der Waals surface area contributed by atoms with Gasteiger partial charge in [0.1, 0.15) is 0 Å². The van der Waals surface area contributed by atoms with E-state index < -0.39 is 17.9 Å². The predicted octanol–water partition coefficient (Wildman–Crippen LogP) is 2.41. The summed E-state index contributed by atoms with van der Waals surface area (Å²) in [6.07, 6.45) is 2.36. The quantitative estimate of drug-likeness (QED) is 0.660. The first-order valence-electron chi connectivity index (χ1n) is 4.77. The van der Waals surface area contributed by atoms with E-state index in [1.165, 1.54) is 5.56 Å². The van der Waals surface area contributed by atoms with Crippen LogP contribution in [0.2, 0.25) is 10.5 Å². The summed E-state index contributed by atoms with van der Waals surface area (Å²) in [5.74, 6) is 0. The minimum Gasteiger partial charge on any atom is -0.0149 e. The Hall–Kier alpha value is -0.109. The second kappa shape index (κ2) is 4.61. The number of rotatable bonds is 1. The summed E-state index contributed by atoms with van der Waals surface area (Å²) in [6.45, 7) is 2.28. The molecule has 0 saturated heterocycles. The van der Waals surface area contributed by atoms with Crippen molar-refractivity contribution in [1.82, 2.24) is 0 Å². The van der Waals surface area contributed by atoms with E-state index in [0.29, 0.717) is 0 Å². The smallest absolute Gasteiger partial charge is 0.0149 e. The van der Waals surface area contributed by atoms with Crippen molar-refractivity contribution in [2.75, 3.05) is 0 Å². The van der Waals surface area contributed by atoms with Crippen molar-refractivity contribution in [3.63, 3.8) is 0 Å². The van der Waals surface area contributed by atoms with Crippen LogP contribution in [0.25, 0.3) is 6.08 Å². The summed E-state index contributed by atoms with van der Waals surface area (Å²) >= 11 is -0.845. The molecule has 1 aromatic rings. The van der Waals surface area contributed by atoms with Crippen LogP contribution in [0.3, 0.4) is 0 Å². The first-order chi connectivity index (χ1) is 6.20. The molecule has 0 bridgehead atoms. The molecule has 1 atom stereocenters. The zero-order valence-electron chi connectivity index (χ0n) is 8.46. The van der Waals surface area contributed by atoms with E-state index in [0.717, 1.165) is 4.22 Å². The van der Waals surface area contributed by atoms with E-state index in [9.17, 15) is 0 Å². The molecule has 1 aliphatic carbocycles. The Morgan fingerprint density at radius 2 is 1.79 bits per heavy atom. The molecule has 0 aliphatic heterocycles.